The van der Waals surface area contributed by atoms with Crippen molar-refractivity contribution in [3.63, 3.8) is 0 Å². The first kappa shape index (κ1) is 46.2. The van der Waals surface area contributed by atoms with Gasteiger partial charge in [0.05, 0.1) is 91.7 Å². The molecule has 0 atom stereocenters. The molecule has 0 amide bonds. The van der Waals surface area contributed by atoms with E-state index in [4.69, 9.17) is 29.9 Å². The van der Waals surface area contributed by atoms with E-state index >= 15 is 0 Å². The van der Waals surface area contributed by atoms with Gasteiger partial charge in [-0.25, -0.2) is 0 Å². The number of imidazole rings is 3. The Bertz CT molecular complexity index is 3390. The summed E-state index contributed by atoms with van der Waals surface area (Å²) in [6, 6.07) is 55.8. The molecule has 6 aromatic carbocycles. The number of para-hydroxylation sites is 6. The molecule has 6 heterocycles. The Morgan fingerprint density at radius 2 is 0.597 bits per heavy atom. The van der Waals surface area contributed by atoms with Crippen LogP contribution < -0.4 is 0 Å². The molecule has 0 fully saturated rings. The predicted octanol–water partition coefficient (Wildman–Crippen LogP) is 12.8. The van der Waals surface area contributed by atoms with Crippen molar-refractivity contribution in [2.24, 2.45) is 0 Å². The van der Waals surface area contributed by atoms with E-state index < -0.39 is 24.2 Å². The van der Waals surface area contributed by atoms with Crippen LogP contribution in [0.15, 0.2) is 127 Å². The van der Waals surface area contributed by atoms with Gasteiger partial charge in [0, 0.05) is 0 Å². The van der Waals surface area contributed by atoms with E-state index in [1.54, 1.807) is 0 Å². The van der Waals surface area contributed by atoms with Crippen LogP contribution in [0.3, 0.4) is 0 Å². The van der Waals surface area contributed by atoms with E-state index in [1.807, 2.05) is 54.6 Å². The minimum atomic E-state index is -1.28. The fourth-order valence-electron chi connectivity index (χ4n) is 8.81. The standard InChI is InChI=1S/3C18H18N3Si.Ir/c3*1-22(2,3)12-17-19-14-9-5-4-8-13(14)18-20-15-10-6-7-11-16(15)21(17)18;/h3*4-7,9-11H,12H2,1-3H3;/q3*-1;+3. The van der Waals surface area contributed by atoms with Crippen LogP contribution in [-0.2, 0) is 38.2 Å². The Morgan fingerprint density at radius 3 is 0.866 bits per heavy atom. The summed E-state index contributed by atoms with van der Waals surface area (Å²) in [5.74, 6) is 3.36. The largest absolute Gasteiger partial charge is 3.00 e. The molecule has 0 bridgehead atoms. The average Bonchev–Trinajstić information content (AvgIpc) is 3.99. The van der Waals surface area contributed by atoms with Gasteiger partial charge in [0.1, 0.15) is 0 Å². The van der Waals surface area contributed by atoms with Gasteiger partial charge in [-0.3, -0.25) is 29.9 Å². The molecule has 9 nitrogen and oxygen atoms in total. The van der Waals surface area contributed by atoms with Gasteiger partial charge in [-0.1, -0.05) is 111 Å². The normalized spacial score (nSPS) is 12.3. The third-order valence-electron chi connectivity index (χ3n) is 11.4. The SMILES string of the molecule is C[Si](C)(C)Cc1nc2ccc[c-]c2c2nc3ccccc3n12.C[Si](C)(C)Cc1nc2ccc[c-]c2c2nc3ccccc3n12.C[Si](C)(C)Cc1nc2ccc[c-]c2c2nc3ccccc3n12.[Ir+3]. The summed E-state index contributed by atoms with van der Waals surface area (Å²) in [5.41, 5.74) is 12.3. The van der Waals surface area contributed by atoms with Gasteiger partial charge in [0.15, 0.2) is 0 Å². The molecular weight excluding hydrogens is 1050 g/mol. The summed E-state index contributed by atoms with van der Waals surface area (Å²) in [5, 5.41) is 2.99. The molecule has 0 aliphatic carbocycles. The molecule has 0 aliphatic rings. The smallest absolute Gasteiger partial charge is 0.322 e. The van der Waals surface area contributed by atoms with Crippen LogP contribution >= 0.6 is 0 Å². The molecule has 13 heteroatoms. The third-order valence-corrected chi connectivity index (χ3v) is 15.6. The molecule has 67 heavy (non-hydrogen) atoms. The first-order chi connectivity index (χ1) is 31.6. The van der Waals surface area contributed by atoms with Crippen molar-refractivity contribution in [3.8, 4) is 0 Å². The molecule has 12 aromatic rings. The van der Waals surface area contributed by atoms with E-state index in [0.717, 1.165) is 118 Å². The fraction of sp³-hybridized carbons (Fsp3) is 0.222. The van der Waals surface area contributed by atoms with Crippen LogP contribution in [0.1, 0.15) is 17.5 Å². The Labute approximate surface area is 407 Å². The van der Waals surface area contributed by atoms with Crippen molar-refractivity contribution in [3.05, 3.63) is 163 Å². The minimum Gasteiger partial charge on any atom is -0.322 e. The Hall–Kier alpha value is -5.96. The molecule has 12 rings (SSSR count). The maximum atomic E-state index is 4.94. The van der Waals surface area contributed by atoms with E-state index in [2.05, 4.69) is 163 Å². The number of rotatable bonds is 6. The Kier molecular flexibility index (Phi) is 12.4. The summed E-state index contributed by atoms with van der Waals surface area (Å²) in [7, 11) is -3.85. The number of nitrogens with zero attached hydrogens (tertiary/aromatic N) is 9. The van der Waals surface area contributed by atoms with Crippen molar-refractivity contribution < 1.29 is 20.1 Å². The zero-order valence-electron chi connectivity index (χ0n) is 39.6. The molecule has 0 radical (unpaired) electrons. The van der Waals surface area contributed by atoms with E-state index in [0.29, 0.717) is 0 Å². The van der Waals surface area contributed by atoms with Crippen LogP contribution in [0, 0.1) is 18.2 Å². The van der Waals surface area contributed by atoms with Gasteiger partial charge in [0.25, 0.3) is 0 Å². The molecule has 6 aromatic heterocycles. The topological polar surface area (TPSA) is 90.6 Å². The minimum absolute atomic E-state index is 0. The number of aromatic nitrogens is 9. The van der Waals surface area contributed by atoms with Crippen molar-refractivity contribution in [2.45, 2.75) is 77.1 Å². The van der Waals surface area contributed by atoms with Gasteiger partial charge in [-0.15, -0.1) is 72.8 Å². The Balaban J connectivity index is 0.000000125. The second-order valence-corrected chi connectivity index (χ2v) is 37.3. The van der Waals surface area contributed by atoms with Crippen LogP contribution in [-0.4, -0.2) is 67.3 Å². The number of hydrogen-bond acceptors (Lipinski definition) is 6. The third kappa shape index (κ3) is 9.35. The predicted molar refractivity (Wildman–Crippen MR) is 282 cm³/mol. The maximum Gasteiger partial charge on any atom is 3.00 e. The molecular formula is C54H54IrN9Si3. The quantitative estimate of drug-likeness (QED) is 0.122. The zero-order valence-corrected chi connectivity index (χ0v) is 45.0. The van der Waals surface area contributed by atoms with Crippen molar-refractivity contribution in [1.82, 2.24) is 43.1 Å². The summed E-state index contributed by atoms with van der Waals surface area (Å²) >= 11 is 0. The first-order valence-corrected chi connectivity index (χ1v) is 33.9. The Morgan fingerprint density at radius 1 is 0.343 bits per heavy atom. The second kappa shape index (κ2) is 17.9. The van der Waals surface area contributed by atoms with Crippen molar-refractivity contribution >= 4 is 107 Å². The molecule has 0 spiro atoms. The van der Waals surface area contributed by atoms with E-state index in [1.165, 1.54) is 0 Å². The fourth-order valence-corrected chi connectivity index (χ4v) is 12.4. The van der Waals surface area contributed by atoms with Gasteiger partial charge in [0.2, 0.25) is 0 Å². The van der Waals surface area contributed by atoms with E-state index in [9.17, 15) is 0 Å². The summed E-state index contributed by atoms with van der Waals surface area (Å²) in [4.78, 5) is 29.3. The number of fused-ring (bicyclic) bond motifs is 15. The van der Waals surface area contributed by atoms with Gasteiger partial charge in [-0.05, 0) is 71.1 Å². The molecule has 0 aliphatic heterocycles. The first-order valence-electron chi connectivity index (χ1n) is 22.8. The van der Waals surface area contributed by atoms with Crippen molar-refractivity contribution in [2.75, 3.05) is 0 Å². The maximum absolute atomic E-state index is 4.94. The van der Waals surface area contributed by atoms with Crippen molar-refractivity contribution in [1.29, 1.82) is 0 Å². The summed E-state index contributed by atoms with van der Waals surface area (Å²) < 4.78 is 6.69. The number of hydrogen-bond donors (Lipinski definition) is 0. The van der Waals surface area contributed by atoms with Gasteiger partial charge >= 0.3 is 20.1 Å². The number of benzene rings is 6. The molecule has 336 valence electrons. The molecule has 0 saturated heterocycles. The van der Waals surface area contributed by atoms with Crippen LogP contribution in [0.4, 0.5) is 0 Å². The van der Waals surface area contributed by atoms with Crippen LogP contribution in [0.2, 0.25) is 58.9 Å². The molecule has 0 unspecified atom stereocenters. The monoisotopic (exact) mass is 1110 g/mol. The molecule has 0 saturated carbocycles. The van der Waals surface area contributed by atoms with Crippen LogP contribution in [0.25, 0.3) is 82.8 Å². The van der Waals surface area contributed by atoms with E-state index in [-0.39, 0.29) is 20.1 Å². The second-order valence-electron chi connectivity index (χ2n) is 20.9. The van der Waals surface area contributed by atoms with Gasteiger partial charge < -0.3 is 13.2 Å². The van der Waals surface area contributed by atoms with Gasteiger partial charge in [-0.2, -0.15) is 0 Å². The van der Waals surface area contributed by atoms with Crippen LogP contribution in [0.5, 0.6) is 0 Å². The summed E-state index contributed by atoms with van der Waals surface area (Å²) in [6.07, 6.45) is 0. The molecule has 0 N–H and O–H groups in total. The summed E-state index contributed by atoms with van der Waals surface area (Å²) in [6.45, 7) is 21.4. The zero-order chi connectivity index (χ0) is 46.0. The average molecular weight is 1110 g/mol.